The first kappa shape index (κ1) is 18.6. The second-order valence-electron chi connectivity index (χ2n) is 9.55. The molecule has 2 fully saturated rings. The lowest BCUT2D eigenvalue weighted by molar-refractivity contribution is -0.146. The Hall–Kier alpha value is -1.71. The van der Waals surface area contributed by atoms with Crippen LogP contribution >= 0.6 is 0 Å². The first-order valence-corrected chi connectivity index (χ1v) is 10.3. The van der Waals surface area contributed by atoms with Crippen LogP contribution in [-0.2, 0) is 19.1 Å². The molecular formula is C23H30O4. The van der Waals surface area contributed by atoms with Gasteiger partial charge in [0.05, 0.1) is 0 Å². The average Bonchev–Trinajstić information content (AvgIpc) is 2.93. The Kier molecular flexibility index (Phi) is 4.25. The van der Waals surface area contributed by atoms with Gasteiger partial charge in [0.2, 0.25) is 0 Å². The highest BCUT2D eigenvalue weighted by Crippen LogP contribution is 2.64. The van der Waals surface area contributed by atoms with Gasteiger partial charge in [0.1, 0.15) is 6.10 Å². The predicted molar refractivity (Wildman–Crippen MR) is 102 cm³/mol. The molecule has 6 atom stereocenters. The Bertz CT molecular complexity index is 775. The lowest BCUT2D eigenvalue weighted by Crippen LogP contribution is -2.53. The van der Waals surface area contributed by atoms with E-state index in [4.69, 9.17) is 4.74 Å². The fourth-order valence-corrected chi connectivity index (χ4v) is 6.94. The van der Waals surface area contributed by atoms with Crippen molar-refractivity contribution in [1.82, 2.24) is 0 Å². The molecule has 4 heteroatoms. The highest BCUT2D eigenvalue weighted by atomic mass is 16.5. The van der Waals surface area contributed by atoms with Gasteiger partial charge in [-0.15, -0.1) is 0 Å². The molecule has 27 heavy (non-hydrogen) atoms. The van der Waals surface area contributed by atoms with Gasteiger partial charge in [-0.2, -0.15) is 0 Å². The van der Waals surface area contributed by atoms with Crippen molar-refractivity contribution in [3.8, 4) is 0 Å². The first-order valence-electron chi connectivity index (χ1n) is 10.3. The molecule has 0 aromatic heterocycles. The van der Waals surface area contributed by atoms with Crippen LogP contribution in [0.4, 0.5) is 0 Å². The number of carbonyl (C=O) groups is 3. The van der Waals surface area contributed by atoms with Gasteiger partial charge in [0.15, 0.2) is 11.6 Å². The van der Waals surface area contributed by atoms with Crippen LogP contribution in [0.1, 0.15) is 66.2 Å². The van der Waals surface area contributed by atoms with Crippen molar-refractivity contribution in [3.63, 3.8) is 0 Å². The largest absolute Gasteiger partial charge is 0.458 e. The molecule has 0 amide bonds. The van der Waals surface area contributed by atoms with Crippen molar-refractivity contribution in [3.05, 3.63) is 23.3 Å². The summed E-state index contributed by atoms with van der Waals surface area (Å²) in [5.74, 6) is 1.33. The van der Waals surface area contributed by atoms with Crippen LogP contribution in [0.25, 0.3) is 0 Å². The van der Waals surface area contributed by atoms with E-state index in [2.05, 4.69) is 19.9 Å². The van der Waals surface area contributed by atoms with Crippen molar-refractivity contribution < 1.29 is 19.1 Å². The lowest BCUT2D eigenvalue weighted by Gasteiger charge is -2.57. The zero-order valence-corrected chi connectivity index (χ0v) is 16.8. The van der Waals surface area contributed by atoms with E-state index in [9.17, 15) is 14.4 Å². The quantitative estimate of drug-likeness (QED) is 0.684. The topological polar surface area (TPSA) is 60.4 Å². The molecule has 4 aliphatic carbocycles. The molecule has 0 saturated heterocycles. The van der Waals surface area contributed by atoms with E-state index in [1.54, 1.807) is 6.92 Å². The number of ketones is 2. The van der Waals surface area contributed by atoms with Crippen LogP contribution in [-0.4, -0.2) is 23.6 Å². The number of hydrogen-bond acceptors (Lipinski definition) is 4. The molecule has 0 spiro atoms. The van der Waals surface area contributed by atoms with Gasteiger partial charge >= 0.3 is 5.97 Å². The van der Waals surface area contributed by atoms with E-state index in [-0.39, 0.29) is 34.5 Å². The van der Waals surface area contributed by atoms with E-state index in [0.717, 1.165) is 43.3 Å². The molecular weight excluding hydrogens is 340 g/mol. The minimum absolute atomic E-state index is 0.0696. The minimum Gasteiger partial charge on any atom is -0.458 e. The molecule has 1 unspecified atom stereocenters. The van der Waals surface area contributed by atoms with Crippen LogP contribution in [0.5, 0.6) is 0 Å². The highest BCUT2D eigenvalue weighted by Gasteiger charge is 2.59. The number of esters is 1. The molecule has 0 N–H and O–H groups in total. The lowest BCUT2D eigenvalue weighted by atomic mass is 9.46. The Morgan fingerprint density at radius 2 is 1.78 bits per heavy atom. The van der Waals surface area contributed by atoms with Crippen molar-refractivity contribution >= 4 is 17.5 Å². The normalized spacial score (nSPS) is 43.0. The number of fused-ring (bicyclic) bond motifs is 5. The maximum absolute atomic E-state index is 13.1. The van der Waals surface area contributed by atoms with Crippen LogP contribution in [0.15, 0.2) is 23.3 Å². The summed E-state index contributed by atoms with van der Waals surface area (Å²) >= 11 is 0. The SMILES string of the molecule is CC(=O)OC1C=C2C(=O)C[C@@H]3[C@H](CC[C@]4(C)C(C(C)=O)=CC[C@@H]34)[C@@]2(C)CC1. The summed E-state index contributed by atoms with van der Waals surface area (Å²) in [6.45, 7) is 7.58. The second kappa shape index (κ2) is 6.15. The van der Waals surface area contributed by atoms with Crippen LogP contribution in [0.3, 0.4) is 0 Å². The average molecular weight is 370 g/mol. The zero-order chi connectivity index (χ0) is 19.6. The number of ether oxygens (including phenoxy) is 1. The fraction of sp³-hybridized carbons (Fsp3) is 0.696. The molecule has 0 bridgehead atoms. The summed E-state index contributed by atoms with van der Waals surface area (Å²) in [5, 5.41) is 0. The maximum Gasteiger partial charge on any atom is 0.303 e. The molecule has 2 saturated carbocycles. The molecule has 4 rings (SSSR count). The summed E-state index contributed by atoms with van der Waals surface area (Å²) in [6, 6.07) is 0. The summed E-state index contributed by atoms with van der Waals surface area (Å²) in [7, 11) is 0. The molecule has 0 aliphatic heterocycles. The van der Waals surface area contributed by atoms with Gasteiger partial charge in [0.25, 0.3) is 0 Å². The van der Waals surface area contributed by atoms with Gasteiger partial charge in [-0.05, 0) is 79.3 Å². The Labute approximate surface area is 161 Å². The molecule has 0 radical (unpaired) electrons. The number of hydrogen-bond donors (Lipinski definition) is 0. The smallest absolute Gasteiger partial charge is 0.303 e. The molecule has 4 nitrogen and oxygen atoms in total. The van der Waals surface area contributed by atoms with Crippen molar-refractivity contribution in [2.24, 2.45) is 28.6 Å². The number of rotatable bonds is 2. The number of carbonyl (C=O) groups excluding carboxylic acids is 3. The van der Waals surface area contributed by atoms with Gasteiger partial charge in [-0.3, -0.25) is 14.4 Å². The van der Waals surface area contributed by atoms with Crippen LogP contribution in [0.2, 0.25) is 0 Å². The van der Waals surface area contributed by atoms with E-state index >= 15 is 0 Å². The van der Waals surface area contributed by atoms with Crippen molar-refractivity contribution in [1.29, 1.82) is 0 Å². The molecule has 0 heterocycles. The van der Waals surface area contributed by atoms with Gasteiger partial charge in [0, 0.05) is 18.9 Å². The van der Waals surface area contributed by atoms with Crippen LogP contribution < -0.4 is 0 Å². The third kappa shape index (κ3) is 2.67. The Balaban J connectivity index is 1.66. The minimum atomic E-state index is -0.288. The van der Waals surface area contributed by atoms with Crippen molar-refractivity contribution in [2.45, 2.75) is 72.3 Å². The van der Waals surface area contributed by atoms with Gasteiger partial charge in [-0.25, -0.2) is 0 Å². The molecule has 146 valence electrons. The van der Waals surface area contributed by atoms with E-state index in [1.165, 1.54) is 6.92 Å². The zero-order valence-electron chi connectivity index (χ0n) is 16.8. The van der Waals surface area contributed by atoms with Gasteiger partial charge in [-0.1, -0.05) is 19.9 Å². The Morgan fingerprint density at radius 3 is 2.44 bits per heavy atom. The second-order valence-corrected chi connectivity index (χ2v) is 9.55. The predicted octanol–water partition coefficient (Wildman–Crippen LogP) is 4.19. The third-order valence-electron chi connectivity index (χ3n) is 8.17. The molecule has 0 aromatic carbocycles. The summed E-state index contributed by atoms with van der Waals surface area (Å²) in [4.78, 5) is 36.6. The van der Waals surface area contributed by atoms with E-state index in [1.807, 2.05) is 6.08 Å². The van der Waals surface area contributed by atoms with Crippen LogP contribution in [0, 0.1) is 28.6 Å². The standard InChI is InChI=1S/C23H30O4/c1-13(24)17-5-6-18-16-12-21(26)20-11-15(27-14(2)25)7-9-23(20,4)19(16)8-10-22(17,18)3/h5,11,15-16,18-19H,6-10,12H2,1-4H3/t15?,16-,18-,19-,22+,23+/m0/s1. The number of Topliss-reactive ketones (excluding diaryl/α,β-unsaturated/α-hetero) is 2. The first-order chi connectivity index (χ1) is 12.7. The highest BCUT2D eigenvalue weighted by molar-refractivity contribution is 5.98. The molecule has 4 aliphatic rings. The summed E-state index contributed by atoms with van der Waals surface area (Å²) < 4.78 is 5.38. The van der Waals surface area contributed by atoms with E-state index in [0.29, 0.717) is 24.2 Å². The van der Waals surface area contributed by atoms with Crippen molar-refractivity contribution in [2.75, 3.05) is 0 Å². The number of allylic oxidation sites excluding steroid dienone is 3. The van der Waals surface area contributed by atoms with Gasteiger partial charge < -0.3 is 4.74 Å². The molecule has 0 aromatic rings. The monoisotopic (exact) mass is 370 g/mol. The fourth-order valence-electron chi connectivity index (χ4n) is 6.94. The third-order valence-corrected chi connectivity index (χ3v) is 8.17. The summed E-state index contributed by atoms with van der Waals surface area (Å²) in [5.41, 5.74) is 1.68. The van der Waals surface area contributed by atoms with E-state index < -0.39 is 0 Å². The summed E-state index contributed by atoms with van der Waals surface area (Å²) in [6.07, 6.45) is 9.06. The maximum atomic E-state index is 13.1. The Morgan fingerprint density at radius 1 is 1.07 bits per heavy atom.